The smallest absolute Gasteiger partial charge is 0.748 e. The Morgan fingerprint density at radius 1 is 1.08 bits per heavy atom. The number of aliphatic hydroxyl groups excluding tert-OH is 3. The van der Waals surface area contributed by atoms with Crippen molar-refractivity contribution in [2.45, 2.75) is 96.9 Å². The number of hydrogen-bond donors (Lipinski definition) is 4. The van der Waals surface area contributed by atoms with E-state index in [1.807, 2.05) is 0 Å². The van der Waals surface area contributed by atoms with Gasteiger partial charge in [0, 0.05) is 13.0 Å². The summed E-state index contributed by atoms with van der Waals surface area (Å²) in [6.45, 7) is 6.48. The average molecular weight is 556 g/mol. The number of carbonyl (C=O) groups is 1. The van der Waals surface area contributed by atoms with Crippen molar-refractivity contribution in [1.29, 1.82) is 0 Å². The van der Waals surface area contributed by atoms with Crippen LogP contribution in [0.1, 0.15) is 78.6 Å². The molecular formula is C26H46NNaO8S. The summed E-state index contributed by atoms with van der Waals surface area (Å²) in [5.41, 5.74) is -0.267. The number of amides is 1. The van der Waals surface area contributed by atoms with Crippen molar-refractivity contribution in [1.82, 2.24) is 5.32 Å². The van der Waals surface area contributed by atoms with E-state index in [0.29, 0.717) is 18.8 Å². The number of hydrogen-bond acceptors (Lipinski definition) is 7. The van der Waals surface area contributed by atoms with Crippen LogP contribution in [0.5, 0.6) is 0 Å². The molecule has 11 atom stereocenters. The van der Waals surface area contributed by atoms with Gasteiger partial charge in [-0.15, -0.1) is 0 Å². The van der Waals surface area contributed by atoms with E-state index in [1.54, 1.807) is 0 Å². The van der Waals surface area contributed by atoms with Gasteiger partial charge in [0.25, 0.3) is 0 Å². The van der Waals surface area contributed by atoms with Crippen LogP contribution in [0.15, 0.2) is 0 Å². The average Bonchev–Trinajstić information content (AvgIpc) is 3.12. The summed E-state index contributed by atoms with van der Waals surface area (Å²) in [6.07, 6.45) is 5.58. The van der Waals surface area contributed by atoms with Crippen LogP contribution < -0.4 is 34.9 Å². The Bertz CT molecular complexity index is 905. The predicted octanol–water partition coefficient (Wildman–Crippen LogP) is -1.80. The first-order valence-electron chi connectivity index (χ1n) is 13.5. The van der Waals surface area contributed by atoms with E-state index >= 15 is 0 Å². The molecule has 1 amide bonds. The molecule has 0 spiro atoms. The molecule has 4 rings (SSSR count). The normalized spacial score (nSPS) is 43.8. The molecule has 0 radical (unpaired) electrons. The number of nitrogens with one attached hydrogen (secondary N) is 1. The molecule has 0 aromatic heterocycles. The zero-order valence-electron chi connectivity index (χ0n) is 22.9. The Morgan fingerprint density at radius 2 is 1.76 bits per heavy atom. The molecule has 0 aliphatic heterocycles. The molecule has 0 saturated heterocycles. The Labute approximate surface area is 243 Å². The molecule has 11 heteroatoms. The molecule has 0 heterocycles. The van der Waals surface area contributed by atoms with Crippen molar-refractivity contribution in [3.63, 3.8) is 0 Å². The third-order valence-corrected chi connectivity index (χ3v) is 11.7. The van der Waals surface area contributed by atoms with Crippen LogP contribution in [0.25, 0.3) is 0 Å². The molecule has 0 aromatic rings. The largest absolute Gasteiger partial charge is 1.00 e. The molecule has 9 unspecified atom stereocenters. The quantitative estimate of drug-likeness (QED) is 0.211. The predicted molar refractivity (Wildman–Crippen MR) is 134 cm³/mol. The van der Waals surface area contributed by atoms with E-state index in [-0.39, 0.29) is 100 Å². The maximum Gasteiger partial charge on any atom is 1.00 e. The summed E-state index contributed by atoms with van der Waals surface area (Å²) in [5.74, 6) is 0.522. The van der Waals surface area contributed by atoms with E-state index in [9.17, 15) is 33.1 Å². The Morgan fingerprint density at radius 3 is 2.41 bits per heavy atom. The molecule has 4 aliphatic rings. The molecule has 4 fully saturated rings. The van der Waals surface area contributed by atoms with Gasteiger partial charge in [0.2, 0.25) is 5.91 Å². The van der Waals surface area contributed by atoms with E-state index in [0.717, 1.165) is 38.5 Å². The van der Waals surface area contributed by atoms with E-state index in [2.05, 4.69) is 26.1 Å². The minimum Gasteiger partial charge on any atom is -0.748 e. The fraction of sp³-hybridized carbons (Fsp3) is 0.962. The van der Waals surface area contributed by atoms with Crippen molar-refractivity contribution in [2.24, 2.45) is 46.3 Å². The number of carbonyl (C=O) groups excluding carboxylic acids is 1. The van der Waals surface area contributed by atoms with Gasteiger partial charge >= 0.3 is 29.6 Å². The van der Waals surface area contributed by atoms with Gasteiger partial charge in [-0.2, -0.15) is 0 Å². The summed E-state index contributed by atoms with van der Waals surface area (Å²) in [5, 5.41) is 35.7. The van der Waals surface area contributed by atoms with Crippen LogP contribution in [0.2, 0.25) is 0 Å². The summed E-state index contributed by atoms with van der Waals surface area (Å²) in [6, 6.07) is 0. The molecule has 37 heavy (non-hydrogen) atoms. The van der Waals surface area contributed by atoms with Gasteiger partial charge in [0.05, 0.1) is 34.2 Å². The molecule has 9 nitrogen and oxygen atoms in total. The SMILES string of the molecule is CC(CCC(=O)NCCS(=O)(=O)[O-])C1CCC2C3C(O)CC4CC(O)CC[C@]4(C)C3CC(O)[C@]12C.O.[Na+]. The zero-order valence-corrected chi connectivity index (χ0v) is 25.7. The summed E-state index contributed by atoms with van der Waals surface area (Å²) in [4.78, 5) is 12.2. The van der Waals surface area contributed by atoms with Gasteiger partial charge in [-0.05, 0) is 97.7 Å². The van der Waals surface area contributed by atoms with Crippen molar-refractivity contribution < 1.29 is 68.1 Å². The Balaban J connectivity index is 0.00000241. The number of aliphatic hydroxyl groups is 3. The first kappa shape index (κ1) is 33.4. The summed E-state index contributed by atoms with van der Waals surface area (Å²) in [7, 11) is -4.35. The van der Waals surface area contributed by atoms with Gasteiger partial charge < -0.3 is 30.7 Å². The van der Waals surface area contributed by atoms with Gasteiger partial charge in [-0.3, -0.25) is 4.79 Å². The van der Waals surface area contributed by atoms with Crippen molar-refractivity contribution in [3.8, 4) is 0 Å². The Hall–Kier alpha value is 0.220. The topological polar surface area (TPSA) is 178 Å². The van der Waals surface area contributed by atoms with Crippen molar-refractivity contribution in [3.05, 3.63) is 0 Å². The standard InChI is InChI=1S/C26H45NO7S.Na.H2O/c1-15(4-7-23(31)27-10-11-35(32,33)34)18-5-6-19-24-20(14-22(30)26(18,19)3)25(2)9-8-17(28)12-16(25)13-21(24)29;;/h15-22,24,28-30H,4-14H2,1-3H3,(H,27,31)(H,32,33,34);;1H2/q;+1;/p-1/t15?,16?,17?,18?,19?,20?,21?,22?,24?,25-,26+;;/m0../s1. The fourth-order valence-corrected chi connectivity index (χ4v) is 9.45. The minimum absolute atomic E-state index is 0. The van der Waals surface area contributed by atoms with Crippen molar-refractivity contribution in [2.75, 3.05) is 12.3 Å². The first-order chi connectivity index (χ1) is 16.3. The second kappa shape index (κ2) is 12.4. The van der Waals surface area contributed by atoms with Gasteiger partial charge in [-0.1, -0.05) is 20.8 Å². The van der Waals surface area contributed by atoms with Crippen LogP contribution in [0.4, 0.5) is 0 Å². The monoisotopic (exact) mass is 555 g/mol. The van der Waals surface area contributed by atoms with E-state index in [4.69, 9.17) is 0 Å². The number of fused-ring (bicyclic) bond motifs is 5. The van der Waals surface area contributed by atoms with Crippen LogP contribution in [-0.4, -0.2) is 70.3 Å². The third kappa shape index (κ3) is 6.43. The van der Waals surface area contributed by atoms with Crippen LogP contribution in [-0.2, 0) is 14.9 Å². The van der Waals surface area contributed by atoms with Crippen LogP contribution in [0, 0.1) is 46.3 Å². The van der Waals surface area contributed by atoms with Gasteiger partial charge in [0.1, 0.15) is 0 Å². The van der Waals surface area contributed by atoms with Crippen LogP contribution >= 0.6 is 0 Å². The van der Waals surface area contributed by atoms with Gasteiger partial charge in [0.15, 0.2) is 0 Å². The van der Waals surface area contributed by atoms with Gasteiger partial charge in [-0.25, -0.2) is 8.42 Å². The third-order valence-electron chi connectivity index (χ3n) is 11.0. The first-order valence-corrected chi connectivity index (χ1v) is 15.1. The molecule has 4 saturated carbocycles. The second-order valence-electron chi connectivity index (χ2n) is 12.7. The van der Waals surface area contributed by atoms with E-state index in [1.165, 1.54) is 0 Å². The molecular weight excluding hydrogens is 509 g/mol. The van der Waals surface area contributed by atoms with E-state index < -0.39 is 28.1 Å². The fourth-order valence-electron chi connectivity index (χ4n) is 9.10. The zero-order chi connectivity index (χ0) is 25.8. The Kier molecular flexibility index (Phi) is 11.2. The van der Waals surface area contributed by atoms with Crippen molar-refractivity contribution >= 4 is 16.0 Å². The molecule has 6 N–H and O–H groups in total. The maximum absolute atomic E-state index is 12.2. The summed E-state index contributed by atoms with van der Waals surface area (Å²) < 4.78 is 32.2. The summed E-state index contributed by atoms with van der Waals surface area (Å²) >= 11 is 0. The minimum atomic E-state index is -4.35. The maximum atomic E-state index is 12.2. The molecule has 0 aromatic carbocycles. The molecule has 210 valence electrons. The van der Waals surface area contributed by atoms with Crippen LogP contribution in [0.3, 0.4) is 0 Å². The number of rotatable bonds is 7. The second-order valence-corrected chi connectivity index (χ2v) is 14.2. The molecule has 4 aliphatic carbocycles. The molecule has 0 bridgehead atoms.